The van der Waals surface area contributed by atoms with Gasteiger partial charge in [-0.3, -0.25) is 4.79 Å². The van der Waals surface area contributed by atoms with Crippen LogP contribution in [0.15, 0.2) is 30.3 Å². The zero-order valence-corrected chi connectivity index (χ0v) is 15.4. The summed E-state index contributed by atoms with van der Waals surface area (Å²) in [7, 11) is 0. The van der Waals surface area contributed by atoms with E-state index in [-0.39, 0.29) is 29.4 Å². The Bertz CT molecular complexity index is 629. The van der Waals surface area contributed by atoms with Gasteiger partial charge in [-0.2, -0.15) is 0 Å². The topological polar surface area (TPSA) is 61.4 Å². The van der Waals surface area contributed by atoms with Crippen molar-refractivity contribution in [3.8, 4) is 0 Å². The van der Waals surface area contributed by atoms with Crippen LogP contribution >= 0.6 is 0 Å². The van der Waals surface area contributed by atoms with Crippen LogP contribution in [0.1, 0.15) is 46.5 Å². The lowest BCUT2D eigenvalue weighted by atomic mass is 9.71. The normalized spacial score (nSPS) is 28.7. The number of benzene rings is 1. The number of hydrogen-bond donors (Lipinski definition) is 2. The van der Waals surface area contributed by atoms with Crippen molar-refractivity contribution in [2.45, 2.75) is 58.5 Å². The number of amides is 3. The predicted molar refractivity (Wildman–Crippen MR) is 99.5 cm³/mol. The highest BCUT2D eigenvalue weighted by Gasteiger charge is 2.34. The molecule has 3 rings (SSSR count). The second-order valence-corrected chi connectivity index (χ2v) is 8.47. The van der Waals surface area contributed by atoms with Crippen molar-refractivity contribution >= 4 is 17.6 Å². The average Bonchev–Trinajstić information content (AvgIpc) is 2.86. The van der Waals surface area contributed by atoms with Gasteiger partial charge < -0.3 is 15.5 Å². The summed E-state index contributed by atoms with van der Waals surface area (Å²) in [6.07, 6.45) is 3.59. The molecule has 2 aliphatic rings. The molecule has 0 aromatic heterocycles. The molecule has 1 aromatic rings. The van der Waals surface area contributed by atoms with Gasteiger partial charge in [0.05, 0.1) is 6.04 Å². The second-order valence-electron chi connectivity index (χ2n) is 8.47. The summed E-state index contributed by atoms with van der Waals surface area (Å²) in [6, 6.07) is 9.53. The number of carbonyl (C=O) groups excluding carboxylic acids is 2. The van der Waals surface area contributed by atoms with Gasteiger partial charge in [0.1, 0.15) is 0 Å². The van der Waals surface area contributed by atoms with Gasteiger partial charge in [-0.25, -0.2) is 4.79 Å². The highest BCUT2D eigenvalue weighted by Crippen LogP contribution is 2.38. The Hall–Kier alpha value is -2.04. The minimum absolute atomic E-state index is 0.0592. The molecule has 5 nitrogen and oxygen atoms in total. The third kappa shape index (κ3) is 4.53. The summed E-state index contributed by atoms with van der Waals surface area (Å²) in [6.45, 7) is 7.31. The van der Waals surface area contributed by atoms with Crippen molar-refractivity contribution in [1.82, 2.24) is 10.6 Å². The maximum atomic E-state index is 12.4. The molecule has 5 heteroatoms. The Morgan fingerprint density at radius 3 is 2.48 bits per heavy atom. The molecule has 0 bridgehead atoms. The number of para-hydroxylation sites is 1. The van der Waals surface area contributed by atoms with Crippen LogP contribution in [0.25, 0.3) is 0 Å². The molecular formula is C20H29N3O2. The molecule has 1 saturated carbocycles. The molecule has 3 amide bonds. The van der Waals surface area contributed by atoms with E-state index < -0.39 is 0 Å². The monoisotopic (exact) mass is 343 g/mol. The minimum atomic E-state index is -0.150. The smallest absolute Gasteiger partial charge is 0.315 e. The molecule has 1 aliphatic heterocycles. The fourth-order valence-corrected chi connectivity index (χ4v) is 4.53. The van der Waals surface area contributed by atoms with Gasteiger partial charge >= 0.3 is 6.03 Å². The Balaban J connectivity index is 1.53. The van der Waals surface area contributed by atoms with Gasteiger partial charge in [-0.05, 0) is 42.7 Å². The van der Waals surface area contributed by atoms with E-state index in [1.54, 1.807) is 4.90 Å². The van der Waals surface area contributed by atoms with E-state index in [4.69, 9.17) is 0 Å². The summed E-state index contributed by atoms with van der Waals surface area (Å²) in [5, 5.41) is 6.11. The minimum Gasteiger partial charge on any atom is -0.335 e. The Morgan fingerprint density at radius 2 is 1.80 bits per heavy atom. The Labute approximate surface area is 150 Å². The number of hydrogen-bond acceptors (Lipinski definition) is 2. The first-order valence-corrected chi connectivity index (χ1v) is 9.25. The molecule has 136 valence electrons. The van der Waals surface area contributed by atoms with Crippen LogP contribution in [0.2, 0.25) is 0 Å². The van der Waals surface area contributed by atoms with Crippen molar-refractivity contribution in [3.05, 3.63) is 30.3 Å². The molecule has 1 saturated heterocycles. The summed E-state index contributed by atoms with van der Waals surface area (Å²) >= 11 is 0. The maximum absolute atomic E-state index is 12.4. The SMILES string of the molecule is C[C@@H]1C[C@H](NC(=O)N[C@@H]2CC(=O)N(c3ccccc3)C2)CC(C)(C)C1. The fraction of sp³-hybridized carbons (Fsp3) is 0.600. The van der Waals surface area contributed by atoms with E-state index in [2.05, 4.69) is 31.4 Å². The van der Waals surface area contributed by atoms with Crippen molar-refractivity contribution in [1.29, 1.82) is 0 Å². The lowest BCUT2D eigenvalue weighted by molar-refractivity contribution is -0.117. The lowest BCUT2D eigenvalue weighted by Crippen LogP contribution is -2.50. The predicted octanol–water partition coefficient (Wildman–Crippen LogP) is 3.31. The van der Waals surface area contributed by atoms with Crippen molar-refractivity contribution in [2.75, 3.05) is 11.4 Å². The third-order valence-corrected chi connectivity index (χ3v) is 5.25. The van der Waals surface area contributed by atoms with E-state index in [0.29, 0.717) is 18.9 Å². The average molecular weight is 343 g/mol. The summed E-state index contributed by atoms with van der Waals surface area (Å²) in [5.74, 6) is 0.680. The molecule has 3 atom stereocenters. The van der Waals surface area contributed by atoms with Crippen molar-refractivity contribution < 1.29 is 9.59 Å². The van der Waals surface area contributed by atoms with E-state index in [9.17, 15) is 9.59 Å². The number of nitrogens with zero attached hydrogens (tertiary/aromatic N) is 1. The van der Waals surface area contributed by atoms with Crippen LogP contribution in [0.4, 0.5) is 10.5 Å². The first-order valence-electron chi connectivity index (χ1n) is 9.25. The second kappa shape index (κ2) is 7.06. The first kappa shape index (κ1) is 17.8. The van der Waals surface area contributed by atoms with Gasteiger partial charge in [0.2, 0.25) is 5.91 Å². The molecule has 2 N–H and O–H groups in total. The van der Waals surface area contributed by atoms with Gasteiger partial charge in [0, 0.05) is 24.7 Å². The van der Waals surface area contributed by atoms with Crippen molar-refractivity contribution in [2.24, 2.45) is 11.3 Å². The molecule has 0 spiro atoms. The first-order chi connectivity index (χ1) is 11.8. The molecule has 1 aromatic carbocycles. The van der Waals surface area contributed by atoms with Crippen LogP contribution in [0.3, 0.4) is 0 Å². The number of urea groups is 1. The van der Waals surface area contributed by atoms with Crippen LogP contribution in [-0.2, 0) is 4.79 Å². The van der Waals surface area contributed by atoms with E-state index in [0.717, 1.165) is 18.5 Å². The molecule has 1 aliphatic carbocycles. The number of carbonyl (C=O) groups is 2. The fourth-order valence-electron chi connectivity index (χ4n) is 4.53. The van der Waals surface area contributed by atoms with Crippen LogP contribution < -0.4 is 15.5 Å². The number of rotatable bonds is 3. The molecule has 0 radical (unpaired) electrons. The zero-order valence-electron chi connectivity index (χ0n) is 15.4. The molecular weight excluding hydrogens is 314 g/mol. The summed E-state index contributed by atoms with van der Waals surface area (Å²) in [5.41, 5.74) is 1.16. The highest BCUT2D eigenvalue weighted by molar-refractivity contribution is 5.96. The molecule has 1 heterocycles. The quantitative estimate of drug-likeness (QED) is 0.884. The summed E-state index contributed by atoms with van der Waals surface area (Å²) in [4.78, 5) is 26.4. The third-order valence-electron chi connectivity index (χ3n) is 5.25. The van der Waals surface area contributed by atoms with Gasteiger partial charge in [-0.1, -0.05) is 39.0 Å². The van der Waals surface area contributed by atoms with Crippen LogP contribution in [-0.4, -0.2) is 30.6 Å². The molecule has 0 unspecified atom stereocenters. The largest absolute Gasteiger partial charge is 0.335 e. The number of nitrogens with one attached hydrogen (secondary N) is 2. The Morgan fingerprint density at radius 1 is 1.12 bits per heavy atom. The summed E-state index contributed by atoms with van der Waals surface area (Å²) < 4.78 is 0. The van der Waals surface area contributed by atoms with Gasteiger partial charge in [0.25, 0.3) is 0 Å². The lowest BCUT2D eigenvalue weighted by Gasteiger charge is -2.39. The molecule has 25 heavy (non-hydrogen) atoms. The van der Waals surface area contributed by atoms with Crippen molar-refractivity contribution in [3.63, 3.8) is 0 Å². The standard InChI is InChI=1S/C20H29N3O2/c1-14-9-15(12-20(2,3)11-14)21-19(25)22-16-10-18(24)23(13-16)17-7-5-4-6-8-17/h4-8,14-16H,9-13H2,1-3H3,(H2,21,22,25)/t14-,15+,16-/m1/s1. The molecule has 2 fully saturated rings. The highest BCUT2D eigenvalue weighted by atomic mass is 16.2. The van der Waals surface area contributed by atoms with Crippen LogP contribution in [0.5, 0.6) is 0 Å². The van der Waals surface area contributed by atoms with E-state index in [1.165, 1.54) is 6.42 Å². The number of anilines is 1. The van der Waals surface area contributed by atoms with Crippen LogP contribution in [0, 0.1) is 11.3 Å². The van der Waals surface area contributed by atoms with Gasteiger partial charge in [0.15, 0.2) is 0 Å². The maximum Gasteiger partial charge on any atom is 0.315 e. The van der Waals surface area contributed by atoms with E-state index >= 15 is 0 Å². The van der Waals surface area contributed by atoms with Gasteiger partial charge in [-0.15, -0.1) is 0 Å². The Kier molecular flexibility index (Phi) is 5.02. The zero-order chi connectivity index (χ0) is 18.0. The van der Waals surface area contributed by atoms with E-state index in [1.807, 2.05) is 30.3 Å².